The van der Waals surface area contributed by atoms with E-state index in [1.165, 1.54) is 49.0 Å². The van der Waals surface area contributed by atoms with Gasteiger partial charge in [-0.15, -0.1) is 0 Å². The third-order valence-corrected chi connectivity index (χ3v) is 8.06. The molecule has 0 unspecified atom stereocenters. The molecule has 0 aliphatic rings. The number of H-pyrrole nitrogens is 2. The number of aromatic amines is 2. The molecule has 0 aliphatic heterocycles. The van der Waals surface area contributed by atoms with E-state index in [0.717, 1.165) is 20.0 Å². The third-order valence-electron chi connectivity index (χ3n) is 7.08. The average Bonchev–Trinajstić information content (AvgIpc) is 3.48. The van der Waals surface area contributed by atoms with Gasteiger partial charge >= 0.3 is 0 Å². The van der Waals surface area contributed by atoms with E-state index in [1.807, 2.05) is 0 Å². The summed E-state index contributed by atoms with van der Waals surface area (Å²) in [7, 11) is 0. The molecule has 0 amide bonds. The molecule has 7 aromatic rings. The van der Waals surface area contributed by atoms with E-state index in [-0.39, 0.29) is 5.92 Å². The Kier molecular flexibility index (Phi) is 4.86. The first kappa shape index (κ1) is 21.0. The number of benzene rings is 5. The van der Waals surface area contributed by atoms with Crippen LogP contribution in [0.25, 0.3) is 43.4 Å². The highest BCUT2D eigenvalue weighted by Gasteiger charge is 2.27. The number of hydrogen-bond donors (Lipinski definition) is 2. The SMILES string of the molecule is Brc1ccc2[nH]cc(C(c3c4ccccc4cc4ccccc34)c3c[nH]c4ccc(Br)cc34)c2c1. The van der Waals surface area contributed by atoms with Crippen LogP contribution in [0.2, 0.25) is 0 Å². The molecule has 5 aromatic carbocycles. The third kappa shape index (κ3) is 3.35. The Balaban J connectivity index is 1.67. The number of nitrogens with one attached hydrogen (secondary N) is 2. The summed E-state index contributed by atoms with van der Waals surface area (Å²) in [6.07, 6.45) is 4.38. The van der Waals surface area contributed by atoms with Gasteiger partial charge in [-0.25, -0.2) is 0 Å². The van der Waals surface area contributed by atoms with Crippen molar-refractivity contribution in [2.24, 2.45) is 0 Å². The number of halogens is 2. The van der Waals surface area contributed by atoms with Gasteiger partial charge in [0.2, 0.25) is 0 Å². The lowest BCUT2D eigenvalue weighted by atomic mass is 9.80. The zero-order valence-electron chi connectivity index (χ0n) is 18.6. The molecule has 35 heavy (non-hydrogen) atoms. The number of rotatable bonds is 3. The molecular formula is C31H20Br2N2. The molecule has 2 N–H and O–H groups in total. The Hall–Kier alpha value is -3.34. The highest BCUT2D eigenvalue weighted by atomic mass is 79.9. The van der Waals surface area contributed by atoms with Gasteiger partial charge in [0.15, 0.2) is 0 Å². The molecule has 2 aromatic heterocycles. The Morgan fingerprint density at radius 3 is 1.51 bits per heavy atom. The van der Waals surface area contributed by atoms with Crippen molar-refractivity contribution in [3.63, 3.8) is 0 Å². The first-order valence-electron chi connectivity index (χ1n) is 11.6. The van der Waals surface area contributed by atoms with Crippen LogP contribution < -0.4 is 0 Å². The van der Waals surface area contributed by atoms with Gasteiger partial charge in [0.1, 0.15) is 0 Å². The molecule has 2 heterocycles. The maximum Gasteiger partial charge on any atom is 0.0457 e. The molecule has 4 heteroatoms. The minimum Gasteiger partial charge on any atom is -0.361 e. The van der Waals surface area contributed by atoms with Crippen molar-refractivity contribution in [1.29, 1.82) is 0 Å². The molecule has 0 fully saturated rings. The van der Waals surface area contributed by atoms with E-state index < -0.39 is 0 Å². The summed E-state index contributed by atoms with van der Waals surface area (Å²) >= 11 is 7.42. The second-order valence-electron chi connectivity index (χ2n) is 9.03. The summed E-state index contributed by atoms with van der Waals surface area (Å²) in [5, 5.41) is 7.53. The van der Waals surface area contributed by atoms with Crippen molar-refractivity contribution in [2.75, 3.05) is 0 Å². The van der Waals surface area contributed by atoms with Crippen LogP contribution >= 0.6 is 31.9 Å². The molecule has 0 saturated heterocycles. The zero-order valence-corrected chi connectivity index (χ0v) is 21.8. The van der Waals surface area contributed by atoms with E-state index in [0.29, 0.717) is 0 Å². The van der Waals surface area contributed by atoms with Gasteiger partial charge in [-0.1, -0.05) is 80.4 Å². The fraction of sp³-hybridized carbons (Fsp3) is 0.0323. The molecule has 0 radical (unpaired) electrons. The second kappa shape index (κ2) is 8.11. The Labute approximate surface area is 219 Å². The lowest BCUT2D eigenvalue weighted by Gasteiger charge is -2.22. The quantitative estimate of drug-likeness (QED) is 0.195. The van der Waals surface area contributed by atoms with Crippen LogP contribution in [0.4, 0.5) is 0 Å². The largest absolute Gasteiger partial charge is 0.361 e. The molecule has 168 valence electrons. The van der Waals surface area contributed by atoms with Crippen LogP contribution in [0.3, 0.4) is 0 Å². The highest BCUT2D eigenvalue weighted by molar-refractivity contribution is 9.10. The topological polar surface area (TPSA) is 31.6 Å². The number of hydrogen-bond acceptors (Lipinski definition) is 0. The van der Waals surface area contributed by atoms with Gasteiger partial charge in [-0.2, -0.15) is 0 Å². The van der Waals surface area contributed by atoms with Crippen molar-refractivity contribution in [1.82, 2.24) is 9.97 Å². The Morgan fingerprint density at radius 2 is 1.00 bits per heavy atom. The summed E-state index contributed by atoms with van der Waals surface area (Å²) in [5.74, 6) is 0.0251. The first-order valence-corrected chi connectivity index (χ1v) is 13.2. The summed E-state index contributed by atoms with van der Waals surface area (Å²) in [5.41, 5.74) is 6.14. The molecule has 0 aliphatic carbocycles. The highest BCUT2D eigenvalue weighted by Crippen LogP contribution is 2.45. The summed E-state index contributed by atoms with van der Waals surface area (Å²) in [6.45, 7) is 0. The number of aromatic nitrogens is 2. The smallest absolute Gasteiger partial charge is 0.0457 e. The molecular weight excluding hydrogens is 560 g/mol. The van der Waals surface area contributed by atoms with Crippen molar-refractivity contribution in [3.8, 4) is 0 Å². The van der Waals surface area contributed by atoms with Crippen molar-refractivity contribution in [2.45, 2.75) is 5.92 Å². The lowest BCUT2D eigenvalue weighted by Crippen LogP contribution is -2.05. The summed E-state index contributed by atoms with van der Waals surface area (Å²) in [6, 6.07) is 32.8. The van der Waals surface area contributed by atoms with Crippen molar-refractivity contribution in [3.05, 3.63) is 129 Å². The van der Waals surface area contributed by atoms with E-state index in [2.05, 4.69) is 145 Å². The summed E-state index contributed by atoms with van der Waals surface area (Å²) < 4.78 is 2.16. The van der Waals surface area contributed by atoms with Gasteiger partial charge in [-0.05, 0) is 80.7 Å². The molecule has 2 nitrogen and oxygen atoms in total. The van der Waals surface area contributed by atoms with Crippen LogP contribution in [0.15, 0.2) is 112 Å². The van der Waals surface area contributed by atoms with E-state index in [9.17, 15) is 0 Å². The maximum absolute atomic E-state index is 3.71. The minimum atomic E-state index is 0.0251. The summed E-state index contributed by atoms with van der Waals surface area (Å²) in [4.78, 5) is 7.09. The van der Waals surface area contributed by atoms with Crippen molar-refractivity contribution >= 4 is 75.2 Å². The van der Waals surface area contributed by atoms with Gasteiger partial charge in [-0.3, -0.25) is 0 Å². The minimum absolute atomic E-state index is 0.0251. The fourth-order valence-electron chi connectivity index (χ4n) is 5.54. The molecule has 0 spiro atoms. The van der Waals surface area contributed by atoms with Gasteiger partial charge in [0.25, 0.3) is 0 Å². The van der Waals surface area contributed by atoms with Gasteiger partial charge in [0.05, 0.1) is 0 Å². The predicted molar refractivity (Wildman–Crippen MR) is 154 cm³/mol. The standard InChI is InChI=1S/C31H20Br2N2/c32-20-9-11-28-24(14-20)26(16-34-28)31(27-17-35-29-12-10-21(33)15-25(27)29)30-22-7-3-1-5-18(22)13-19-6-2-4-8-23(19)30/h1-17,31,34-35H. The average molecular weight is 580 g/mol. The van der Waals surface area contributed by atoms with E-state index >= 15 is 0 Å². The molecule has 0 bridgehead atoms. The fourth-order valence-corrected chi connectivity index (χ4v) is 6.27. The number of fused-ring (bicyclic) bond motifs is 4. The molecule has 0 atom stereocenters. The zero-order chi connectivity index (χ0) is 23.5. The van der Waals surface area contributed by atoms with Gasteiger partial charge in [0, 0.05) is 49.1 Å². The monoisotopic (exact) mass is 578 g/mol. The Morgan fingerprint density at radius 1 is 0.514 bits per heavy atom. The maximum atomic E-state index is 3.71. The van der Waals surface area contributed by atoms with Crippen LogP contribution in [0, 0.1) is 0 Å². The van der Waals surface area contributed by atoms with Crippen LogP contribution in [0.1, 0.15) is 22.6 Å². The van der Waals surface area contributed by atoms with E-state index in [1.54, 1.807) is 0 Å². The lowest BCUT2D eigenvalue weighted by molar-refractivity contribution is 1.02. The van der Waals surface area contributed by atoms with Crippen LogP contribution in [-0.2, 0) is 0 Å². The van der Waals surface area contributed by atoms with E-state index in [4.69, 9.17) is 0 Å². The van der Waals surface area contributed by atoms with Crippen LogP contribution in [-0.4, -0.2) is 9.97 Å². The van der Waals surface area contributed by atoms with Gasteiger partial charge < -0.3 is 9.97 Å². The second-order valence-corrected chi connectivity index (χ2v) is 10.9. The van der Waals surface area contributed by atoms with Crippen LogP contribution in [0.5, 0.6) is 0 Å². The normalized spacial score (nSPS) is 12.0. The Bertz CT molecular complexity index is 1760. The van der Waals surface area contributed by atoms with Crippen molar-refractivity contribution < 1.29 is 0 Å². The molecule has 0 saturated carbocycles. The first-order chi connectivity index (χ1) is 17.2. The predicted octanol–water partition coefficient (Wildman–Crippen LogP) is 9.66. The molecule has 7 rings (SSSR count).